The number of imide groups is 1. The van der Waals surface area contributed by atoms with E-state index in [1.54, 1.807) is 6.92 Å². The Morgan fingerprint density at radius 2 is 1.68 bits per heavy atom. The third-order valence-electron chi connectivity index (χ3n) is 7.82. The molecule has 0 aromatic heterocycles. The smallest absolute Gasteiger partial charge is 0.417 e. The molecule has 0 aromatic rings. The van der Waals surface area contributed by atoms with Crippen molar-refractivity contribution >= 4 is 12.0 Å². The molecule has 2 rings (SSSR count). The van der Waals surface area contributed by atoms with Crippen LogP contribution in [0.15, 0.2) is 0 Å². The molecule has 4 N–H and O–H groups in total. The Kier molecular flexibility index (Phi) is 8.14. The zero-order chi connectivity index (χ0) is 23.7. The van der Waals surface area contributed by atoms with Gasteiger partial charge in [-0.05, 0) is 24.2 Å². The molecule has 1 aliphatic carbocycles. The molecule has 9 nitrogen and oxygen atoms in total. The molecule has 2 unspecified atom stereocenters. The quantitative estimate of drug-likeness (QED) is 0.482. The van der Waals surface area contributed by atoms with Crippen molar-refractivity contribution < 1.29 is 39.5 Å². The van der Waals surface area contributed by atoms with Crippen LogP contribution in [-0.4, -0.2) is 80.7 Å². The van der Waals surface area contributed by atoms with Crippen LogP contribution in [0.1, 0.15) is 67.2 Å². The van der Waals surface area contributed by atoms with Crippen LogP contribution in [0, 0.1) is 16.7 Å². The van der Waals surface area contributed by atoms with Crippen molar-refractivity contribution in [3.8, 4) is 0 Å². The molecule has 0 bridgehead atoms. The van der Waals surface area contributed by atoms with E-state index in [2.05, 4.69) is 20.8 Å². The van der Waals surface area contributed by atoms with Gasteiger partial charge < -0.3 is 29.9 Å². The summed E-state index contributed by atoms with van der Waals surface area (Å²) in [7, 11) is 0. The Hall–Kier alpha value is -1.26. The number of amides is 2. The standard InChI is InChI=1S/C22H39NO8/c1-7-9-15(25)23(16-18(27)17(26)13(11-24)30-19(16)28)20(29)31-14-10-12(8-2)21(3,4)22(14,5)6/h12-14,16-19,24,26-28H,7-11H2,1-6H3/t12?,13-,14-,16-,17-,18-,19?/m1/s1. The fraction of sp³-hybridized carbons (Fsp3) is 0.909. The van der Waals surface area contributed by atoms with Crippen LogP contribution in [0.4, 0.5) is 4.79 Å². The van der Waals surface area contributed by atoms with Crippen LogP contribution in [0.3, 0.4) is 0 Å². The number of hydrogen-bond donors (Lipinski definition) is 4. The molecular formula is C22H39NO8. The maximum atomic E-state index is 13.2. The lowest BCUT2D eigenvalue weighted by atomic mass is 9.66. The van der Waals surface area contributed by atoms with E-state index >= 15 is 0 Å². The Bertz CT molecular complexity index is 651. The van der Waals surface area contributed by atoms with Gasteiger partial charge in [0.25, 0.3) is 0 Å². The number of carbonyl (C=O) groups excluding carboxylic acids is 2. The summed E-state index contributed by atoms with van der Waals surface area (Å²) >= 11 is 0. The first-order chi connectivity index (χ1) is 14.3. The fourth-order valence-electron chi connectivity index (χ4n) is 4.93. The van der Waals surface area contributed by atoms with Gasteiger partial charge in [-0.15, -0.1) is 0 Å². The molecule has 2 aliphatic rings. The van der Waals surface area contributed by atoms with Gasteiger partial charge in [0, 0.05) is 11.8 Å². The number of aliphatic hydroxyl groups is 4. The maximum absolute atomic E-state index is 13.2. The van der Waals surface area contributed by atoms with Crippen molar-refractivity contribution in [3.63, 3.8) is 0 Å². The summed E-state index contributed by atoms with van der Waals surface area (Å²) in [6.07, 6.45) is -5.77. The molecular weight excluding hydrogens is 406 g/mol. The summed E-state index contributed by atoms with van der Waals surface area (Å²) < 4.78 is 11.0. The van der Waals surface area contributed by atoms with Crippen molar-refractivity contribution in [1.29, 1.82) is 0 Å². The lowest BCUT2D eigenvalue weighted by Gasteiger charge is -2.44. The van der Waals surface area contributed by atoms with Crippen molar-refractivity contribution in [2.24, 2.45) is 16.7 Å². The lowest BCUT2D eigenvalue weighted by Crippen LogP contribution is -2.66. The predicted molar refractivity (Wildman–Crippen MR) is 112 cm³/mol. The van der Waals surface area contributed by atoms with Gasteiger partial charge >= 0.3 is 6.09 Å². The second kappa shape index (κ2) is 9.70. The number of ether oxygens (including phenoxy) is 2. The van der Waals surface area contributed by atoms with E-state index in [0.717, 1.165) is 6.42 Å². The Balaban J connectivity index is 2.32. The normalized spacial score (nSPS) is 36.8. The molecule has 7 atom stereocenters. The SMILES string of the molecule is CCCC(=O)N(C(=O)O[C@@H]1CC(CC)C(C)(C)C1(C)C)[C@H]1C(O)O[C@H](CO)[C@@H](O)[C@@H]1O. The summed E-state index contributed by atoms with van der Waals surface area (Å²) in [6, 6.07) is -1.55. The Morgan fingerprint density at radius 1 is 1.06 bits per heavy atom. The lowest BCUT2D eigenvalue weighted by molar-refractivity contribution is -0.267. The molecule has 0 radical (unpaired) electrons. The second-order valence-corrected chi connectivity index (χ2v) is 9.89. The fourth-order valence-corrected chi connectivity index (χ4v) is 4.93. The summed E-state index contributed by atoms with van der Waals surface area (Å²) in [5, 5.41) is 40.5. The Morgan fingerprint density at radius 3 is 2.16 bits per heavy atom. The first-order valence-electron chi connectivity index (χ1n) is 11.2. The first-order valence-corrected chi connectivity index (χ1v) is 11.2. The van der Waals surface area contributed by atoms with E-state index in [1.165, 1.54) is 0 Å². The monoisotopic (exact) mass is 445 g/mol. The van der Waals surface area contributed by atoms with Crippen LogP contribution >= 0.6 is 0 Å². The van der Waals surface area contributed by atoms with Crippen molar-refractivity contribution in [2.75, 3.05) is 6.61 Å². The van der Waals surface area contributed by atoms with E-state index in [0.29, 0.717) is 23.7 Å². The van der Waals surface area contributed by atoms with Crippen molar-refractivity contribution in [1.82, 2.24) is 4.90 Å². The van der Waals surface area contributed by atoms with E-state index in [1.807, 2.05) is 13.8 Å². The van der Waals surface area contributed by atoms with E-state index < -0.39 is 55.4 Å². The van der Waals surface area contributed by atoms with E-state index in [-0.39, 0.29) is 17.3 Å². The van der Waals surface area contributed by atoms with Crippen LogP contribution in [0.2, 0.25) is 0 Å². The molecule has 1 heterocycles. The predicted octanol–water partition coefficient (Wildman–Crippen LogP) is 1.40. The molecule has 9 heteroatoms. The van der Waals surface area contributed by atoms with Crippen LogP contribution < -0.4 is 0 Å². The minimum Gasteiger partial charge on any atom is -0.445 e. The van der Waals surface area contributed by atoms with Crippen LogP contribution in [-0.2, 0) is 14.3 Å². The Labute approximate surface area is 184 Å². The minimum absolute atomic E-state index is 0.0122. The number of aliphatic hydroxyl groups excluding tert-OH is 4. The van der Waals surface area contributed by atoms with Gasteiger partial charge in [0.2, 0.25) is 5.91 Å². The highest BCUT2D eigenvalue weighted by Crippen LogP contribution is 2.57. The summed E-state index contributed by atoms with van der Waals surface area (Å²) in [6.45, 7) is 11.6. The topological polar surface area (TPSA) is 137 Å². The highest BCUT2D eigenvalue weighted by molar-refractivity contribution is 5.92. The van der Waals surface area contributed by atoms with E-state index in [9.17, 15) is 30.0 Å². The highest BCUT2D eigenvalue weighted by atomic mass is 16.6. The van der Waals surface area contributed by atoms with Gasteiger partial charge in [-0.2, -0.15) is 0 Å². The molecule has 180 valence electrons. The van der Waals surface area contributed by atoms with Gasteiger partial charge in [-0.1, -0.05) is 48.0 Å². The van der Waals surface area contributed by atoms with Crippen LogP contribution in [0.5, 0.6) is 0 Å². The van der Waals surface area contributed by atoms with Crippen LogP contribution in [0.25, 0.3) is 0 Å². The van der Waals surface area contributed by atoms with Gasteiger partial charge in [0.1, 0.15) is 30.5 Å². The number of hydrogen-bond acceptors (Lipinski definition) is 8. The van der Waals surface area contributed by atoms with Gasteiger partial charge in [0.05, 0.1) is 6.61 Å². The third-order valence-corrected chi connectivity index (χ3v) is 7.82. The van der Waals surface area contributed by atoms with Gasteiger partial charge in [0.15, 0.2) is 6.29 Å². The molecule has 2 amide bonds. The second-order valence-electron chi connectivity index (χ2n) is 9.89. The number of rotatable bonds is 6. The zero-order valence-electron chi connectivity index (χ0n) is 19.4. The summed E-state index contributed by atoms with van der Waals surface area (Å²) in [4.78, 5) is 26.7. The molecule has 0 aromatic carbocycles. The third kappa shape index (κ3) is 4.61. The maximum Gasteiger partial charge on any atom is 0.417 e. The molecule has 1 saturated carbocycles. The molecule has 31 heavy (non-hydrogen) atoms. The minimum atomic E-state index is -1.78. The summed E-state index contributed by atoms with van der Waals surface area (Å²) in [5.74, 6) is -0.322. The van der Waals surface area contributed by atoms with Crippen molar-refractivity contribution in [3.05, 3.63) is 0 Å². The highest BCUT2D eigenvalue weighted by Gasteiger charge is 2.57. The van der Waals surface area contributed by atoms with Gasteiger partial charge in [-0.3, -0.25) is 4.79 Å². The molecule has 0 spiro atoms. The number of nitrogens with zero attached hydrogens (tertiary/aromatic N) is 1. The molecule has 1 saturated heterocycles. The largest absolute Gasteiger partial charge is 0.445 e. The average Bonchev–Trinajstić information content (AvgIpc) is 2.86. The van der Waals surface area contributed by atoms with Crippen molar-refractivity contribution in [2.45, 2.75) is 104 Å². The molecule has 1 aliphatic heterocycles. The average molecular weight is 446 g/mol. The zero-order valence-corrected chi connectivity index (χ0v) is 19.4. The first kappa shape index (κ1) is 26.0. The number of carbonyl (C=O) groups is 2. The molecule has 2 fully saturated rings. The van der Waals surface area contributed by atoms with E-state index in [4.69, 9.17) is 9.47 Å². The van der Waals surface area contributed by atoms with Gasteiger partial charge in [-0.25, -0.2) is 9.69 Å². The summed E-state index contributed by atoms with van der Waals surface area (Å²) in [5.41, 5.74) is -0.479.